The number of aliphatic hydroxyl groups excluding tert-OH is 1. The summed E-state index contributed by atoms with van der Waals surface area (Å²) in [5.74, 6) is -9.59. The van der Waals surface area contributed by atoms with Crippen LogP contribution in [-0.4, -0.2) is 221 Å². The minimum Gasteiger partial charge on any atom is -0.391 e. The van der Waals surface area contributed by atoms with Gasteiger partial charge in [-0.05, 0) is 120 Å². The number of nitrogens with one attached hydrogen (secondary N) is 5. The van der Waals surface area contributed by atoms with Crippen molar-refractivity contribution in [3.8, 4) is 0 Å². The van der Waals surface area contributed by atoms with E-state index in [1.807, 2.05) is 62.3 Å². The van der Waals surface area contributed by atoms with Gasteiger partial charge in [-0.15, -0.1) is 0 Å². The molecule has 1 unspecified atom stereocenters. The van der Waals surface area contributed by atoms with E-state index >= 15 is 0 Å². The van der Waals surface area contributed by atoms with Gasteiger partial charge in [-0.25, -0.2) is 0 Å². The van der Waals surface area contributed by atoms with Crippen LogP contribution in [0.5, 0.6) is 0 Å². The summed E-state index contributed by atoms with van der Waals surface area (Å²) in [5, 5.41) is 24.9. The number of hydrogen-bond donors (Lipinski definition) is 6. The Balaban J connectivity index is 2.94. The highest BCUT2D eigenvalue weighted by molar-refractivity contribution is 5.98. The summed E-state index contributed by atoms with van der Waals surface area (Å²) in [4.78, 5) is 168. The first-order valence-corrected chi connectivity index (χ1v) is 33.3. The largest absolute Gasteiger partial charge is 0.416 e. The van der Waals surface area contributed by atoms with Crippen molar-refractivity contribution in [3.05, 3.63) is 35.4 Å². The number of Topliss-reactive ketones (excluding diaryl/α,β-unsaturated/α-hetero) is 1. The molecule has 0 spiro atoms. The maximum absolute atomic E-state index is 15.0. The molecular weight excluding hydrogens is 1220 g/mol. The van der Waals surface area contributed by atoms with Crippen LogP contribution in [0.1, 0.15) is 167 Å². The number of nitrogens with zero attached hydrogens (tertiary/aromatic N) is 6. The molecule has 6 N–H and O–H groups in total. The number of halogens is 3. The van der Waals surface area contributed by atoms with Crippen LogP contribution in [-0.2, 0) is 65.3 Å². The van der Waals surface area contributed by atoms with Crippen molar-refractivity contribution in [2.75, 3.05) is 55.4 Å². The highest BCUT2D eigenvalue weighted by Gasteiger charge is 2.42. The molecule has 26 heteroatoms. The Morgan fingerprint density at radius 1 is 0.500 bits per heavy atom. The number of carbonyl (C=O) groups is 11. The third kappa shape index (κ3) is 25.1. The number of likely N-dealkylation sites (N-methyl/N-ethyl adjacent to an activating group) is 6. The first kappa shape index (κ1) is 83.4. The molecule has 1 aliphatic heterocycles. The van der Waals surface area contributed by atoms with E-state index in [0.29, 0.717) is 6.42 Å². The Hall–Kier alpha value is -6.70. The van der Waals surface area contributed by atoms with Crippen molar-refractivity contribution in [1.82, 2.24) is 56.0 Å². The zero-order valence-corrected chi connectivity index (χ0v) is 60.0. The van der Waals surface area contributed by atoms with Gasteiger partial charge in [0.15, 0.2) is 5.78 Å². The number of hydrogen-bond acceptors (Lipinski definition) is 13. The van der Waals surface area contributed by atoms with Crippen LogP contribution >= 0.6 is 0 Å². The fourth-order valence-corrected chi connectivity index (χ4v) is 11.6. The second-order valence-corrected chi connectivity index (χ2v) is 28.5. The lowest BCUT2D eigenvalue weighted by Gasteiger charge is -2.37. The zero-order valence-electron chi connectivity index (χ0n) is 60.0. The summed E-state index contributed by atoms with van der Waals surface area (Å²) in [6, 6.07) is -8.45. The van der Waals surface area contributed by atoms with Crippen LogP contribution in [0.25, 0.3) is 0 Å². The van der Waals surface area contributed by atoms with E-state index in [9.17, 15) is 71.0 Å². The molecule has 1 saturated heterocycles. The number of benzene rings is 1. The number of rotatable bonds is 15. The van der Waals surface area contributed by atoms with Crippen LogP contribution in [0.15, 0.2) is 24.3 Å². The van der Waals surface area contributed by atoms with Gasteiger partial charge >= 0.3 is 6.18 Å². The minimum absolute atomic E-state index is 0.0488. The van der Waals surface area contributed by atoms with Gasteiger partial charge in [-0.3, -0.25) is 57.6 Å². The molecule has 10 amide bonds. The van der Waals surface area contributed by atoms with Crippen molar-refractivity contribution in [2.45, 2.75) is 235 Å². The summed E-state index contributed by atoms with van der Waals surface area (Å²) >= 11 is 0. The molecule has 2 rings (SSSR count). The van der Waals surface area contributed by atoms with E-state index in [4.69, 9.17) is 0 Å². The van der Waals surface area contributed by atoms with E-state index in [0.717, 1.165) is 29.2 Å². The zero-order chi connectivity index (χ0) is 72.3. The second kappa shape index (κ2) is 37.6. The van der Waals surface area contributed by atoms with Crippen molar-refractivity contribution >= 4 is 64.9 Å². The monoisotopic (exact) mass is 1330 g/mol. The first-order valence-electron chi connectivity index (χ1n) is 33.3. The van der Waals surface area contributed by atoms with Crippen molar-refractivity contribution in [2.24, 2.45) is 41.4 Å². The summed E-state index contributed by atoms with van der Waals surface area (Å²) in [6.07, 6.45) is -5.83. The van der Waals surface area contributed by atoms with E-state index in [2.05, 4.69) is 26.6 Å². The van der Waals surface area contributed by atoms with Gasteiger partial charge in [0.25, 0.3) is 0 Å². The first-order chi connectivity index (χ1) is 43.4. The molecule has 0 bridgehead atoms. The van der Waals surface area contributed by atoms with Crippen molar-refractivity contribution in [3.63, 3.8) is 0 Å². The average molecular weight is 1330 g/mol. The van der Waals surface area contributed by atoms with Gasteiger partial charge in [0.05, 0.1) is 30.2 Å². The van der Waals surface area contributed by atoms with Crippen molar-refractivity contribution < 1.29 is 71.0 Å². The number of aliphatic hydroxyl groups is 1. The molecule has 1 fully saturated rings. The molecule has 1 heterocycles. The molecule has 1 aromatic carbocycles. The van der Waals surface area contributed by atoms with E-state index in [1.54, 1.807) is 39.6 Å². The predicted molar refractivity (Wildman–Crippen MR) is 354 cm³/mol. The molecular formula is C68H114F3N11O12. The van der Waals surface area contributed by atoms with Gasteiger partial charge in [-0.2, -0.15) is 13.2 Å². The molecule has 534 valence electrons. The Morgan fingerprint density at radius 3 is 1.43 bits per heavy atom. The molecule has 1 aliphatic rings. The lowest BCUT2D eigenvalue weighted by Crippen LogP contribution is -2.61. The second-order valence-electron chi connectivity index (χ2n) is 28.5. The lowest BCUT2D eigenvalue weighted by molar-refractivity contribution is -0.149. The van der Waals surface area contributed by atoms with Crippen LogP contribution in [0.4, 0.5) is 13.2 Å². The maximum atomic E-state index is 15.0. The molecule has 0 radical (unpaired) electrons. The topological polar surface area (TPSA) is 288 Å². The van der Waals surface area contributed by atoms with Crippen LogP contribution < -0.4 is 26.6 Å². The van der Waals surface area contributed by atoms with E-state index in [1.165, 1.54) is 75.6 Å². The predicted octanol–water partition coefficient (Wildman–Crippen LogP) is 5.04. The van der Waals surface area contributed by atoms with Crippen LogP contribution in [0.3, 0.4) is 0 Å². The summed E-state index contributed by atoms with van der Waals surface area (Å²) in [7, 11) is 8.68. The van der Waals surface area contributed by atoms with E-state index < -0.39 is 156 Å². The fraction of sp³-hybridized carbons (Fsp3) is 0.750. The average Bonchev–Trinajstić information content (AvgIpc) is 0.854. The quantitative estimate of drug-likeness (QED) is 0.134. The van der Waals surface area contributed by atoms with E-state index in [-0.39, 0.29) is 92.6 Å². The Labute approximate surface area is 556 Å². The Bertz CT molecular complexity index is 2730. The molecule has 23 nitrogen and oxygen atoms in total. The molecule has 94 heavy (non-hydrogen) atoms. The minimum atomic E-state index is -4.70. The molecule has 0 saturated carbocycles. The third-order valence-electron chi connectivity index (χ3n) is 17.5. The normalized spacial score (nSPS) is 26.7. The highest BCUT2D eigenvalue weighted by Crippen LogP contribution is 2.30. The van der Waals surface area contributed by atoms with Crippen LogP contribution in [0.2, 0.25) is 0 Å². The molecule has 0 aliphatic carbocycles. The van der Waals surface area contributed by atoms with Gasteiger partial charge in [0.1, 0.15) is 48.3 Å². The third-order valence-corrected chi connectivity index (χ3v) is 17.5. The summed E-state index contributed by atoms with van der Waals surface area (Å²) in [5.41, 5.74) is -0.798. The lowest BCUT2D eigenvalue weighted by atomic mass is 9.94. The van der Waals surface area contributed by atoms with Gasteiger partial charge in [0, 0.05) is 60.7 Å². The van der Waals surface area contributed by atoms with Gasteiger partial charge < -0.3 is 56.2 Å². The van der Waals surface area contributed by atoms with Crippen LogP contribution in [0, 0.1) is 41.4 Å². The number of amides is 10. The Kier molecular flexibility index (Phi) is 33.3. The standard InChI is InChI=1S/C68H114F3N11O12/c1-23-42(12)57-62(89)73-44(14)64(91)78(18)45(15)65(92)80(20)51(29-38(4)5)55(84)36-77(17)35-48(28-37(2)3)59(86)76-58(46(16)83)63(90)74-50(34-47-24-26-49(27-25-47)68(69,70)71)66(93)81(21)52(30-39(6)7)60(87)72-43(13)33-56(85)79(19)54(32-41(10)11)67(94)82(22)53(31-40(8)9)61(88)75-57/h24-27,37-46,48,50-54,57-58,83H,23,28-36H2,1-22H3,(H,72,87)(H,73,89)(H,74,90)(H,75,88)(H,76,86)/t42-,43-,44-,45-,46+,48+,50-,51-,52-,53-,54-,57-,58?/m0/s1. The highest BCUT2D eigenvalue weighted by atomic mass is 19.4. The maximum Gasteiger partial charge on any atom is 0.416 e. The molecule has 1 aromatic rings. The SMILES string of the molecule is CC[C@H](C)[C@@H]1NC(=O)[C@H](CC(C)C)N(C)C(=O)[C@H](CC(C)C)N(C)C(=O)C[C@H](C)NC(=O)[C@H](CC(C)C)N(C)C(=O)[C@H](Cc2ccc(C(F)(F)F)cc2)NC(=O)C([C@@H](C)O)NC(=O)[C@H](CC(C)C)CN(C)CC(=O)[C@H](CC(C)C)N(C)C(=O)[C@H](C)N(C)C(=O)[C@H](C)NC1=O. The van der Waals surface area contributed by atoms with Gasteiger partial charge in [-0.1, -0.05) is 102 Å². The number of carbonyl (C=O) groups excluding carboxylic acids is 11. The molecule has 0 aromatic heterocycles. The van der Waals surface area contributed by atoms with Crippen molar-refractivity contribution in [1.29, 1.82) is 0 Å². The Morgan fingerprint density at radius 2 is 0.947 bits per heavy atom. The smallest absolute Gasteiger partial charge is 0.391 e. The fourth-order valence-electron chi connectivity index (χ4n) is 11.6. The van der Waals surface area contributed by atoms with Gasteiger partial charge in [0.2, 0.25) is 59.1 Å². The summed E-state index contributed by atoms with van der Waals surface area (Å²) in [6.45, 7) is 27.5. The number of ketones is 1. The summed E-state index contributed by atoms with van der Waals surface area (Å²) < 4.78 is 41.3. The molecule has 13 atom stereocenters. The number of alkyl halides is 3.